The second kappa shape index (κ2) is 6.21. The molecule has 0 fully saturated rings. The Morgan fingerprint density at radius 1 is 0.810 bits per heavy atom. The summed E-state index contributed by atoms with van der Waals surface area (Å²) in [5.41, 5.74) is 2.13. The van der Waals surface area contributed by atoms with Gasteiger partial charge in [-0.2, -0.15) is 0 Å². The van der Waals surface area contributed by atoms with Crippen molar-refractivity contribution in [2.75, 3.05) is 0 Å². The van der Waals surface area contributed by atoms with Gasteiger partial charge in [-0.25, -0.2) is 0 Å². The van der Waals surface area contributed by atoms with Gasteiger partial charge in [0.15, 0.2) is 0 Å². The fourth-order valence-electron chi connectivity index (χ4n) is 2.09. The van der Waals surface area contributed by atoms with Gasteiger partial charge in [-0.15, -0.1) is 0 Å². The monoisotopic (exact) mass is 284 g/mol. The molecule has 21 heavy (non-hydrogen) atoms. The van der Waals surface area contributed by atoms with E-state index >= 15 is 0 Å². The van der Waals surface area contributed by atoms with Gasteiger partial charge in [-0.05, 0) is 70.0 Å². The average molecular weight is 284 g/mol. The molecule has 0 spiro atoms. The van der Waals surface area contributed by atoms with Crippen LogP contribution in [0.4, 0.5) is 0 Å². The van der Waals surface area contributed by atoms with Gasteiger partial charge < -0.3 is 9.47 Å². The second-order valence-corrected chi connectivity index (χ2v) is 6.43. The van der Waals surface area contributed by atoms with E-state index in [2.05, 4.69) is 24.3 Å². The fourth-order valence-corrected chi connectivity index (χ4v) is 2.09. The van der Waals surface area contributed by atoms with Gasteiger partial charge in [0.25, 0.3) is 0 Å². The summed E-state index contributed by atoms with van der Waals surface area (Å²) >= 11 is 0. The Labute approximate surface area is 127 Å². The van der Waals surface area contributed by atoms with Crippen molar-refractivity contribution in [1.29, 1.82) is 0 Å². The molecule has 0 bridgehead atoms. The van der Waals surface area contributed by atoms with Gasteiger partial charge in [0, 0.05) is 0 Å². The van der Waals surface area contributed by atoms with Crippen LogP contribution in [0.3, 0.4) is 0 Å². The summed E-state index contributed by atoms with van der Waals surface area (Å²) in [6.45, 7) is 10.2. The van der Waals surface area contributed by atoms with Crippen LogP contribution in [0.25, 0.3) is 11.1 Å². The van der Waals surface area contributed by atoms with Crippen LogP contribution in [0, 0.1) is 0 Å². The summed E-state index contributed by atoms with van der Waals surface area (Å²) < 4.78 is 11.6. The lowest BCUT2D eigenvalue weighted by molar-refractivity contribution is 0.131. The molecule has 0 amide bonds. The molecule has 2 rings (SSSR count). The van der Waals surface area contributed by atoms with Crippen molar-refractivity contribution >= 4 is 0 Å². The first kappa shape index (κ1) is 15.4. The maximum absolute atomic E-state index is 5.84. The van der Waals surface area contributed by atoms with Crippen LogP contribution < -0.4 is 9.47 Å². The number of ether oxygens (including phenoxy) is 2. The van der Waals surface area contributed by atoms with Gasteiger partial charge in [0.1, 0.15) is 17.1 Å². The first-order valence-corrected chi connectivity index (χ1v) is 7.40. The summed E-state index contributed by atoms with van der Waals surface area (Å²) in [4.78, 5) is 0. The molecule has 0 saturated heterocycles. The summed E-state index contributed by atoms with van der Waals surface area (Å²) in [5.74, 6) is 1.79. The Morgan fingerprint density at radius 3 is 2.05 bits per heavy atom. The first-order chi connectivity index (χ1) is 9.83. The van der Waals surface area contributed by atoms with Crippen LogP contribution in [0.5, 0.6) is 11.5 Å². The smallest absolute Gasteiger partial charge is 0.120 e. The van der Waals surface area contributed by atoms with Crippen molar-refractivity contribution in [2.24, 2.45) is 0 Å². The minimum atomic E-state index is -0.174. The molecule has 0 saturated carbocycles. The molecule has 0 radical (unpaired) electrons. The van der Waals surface area contributed by atoms with Crippen molar-refractivity contribution < 1.29 is 9.47 Å². The predicted molar refractivity (Wildman–Crippen MR) is 88.0 cm³/mol. The molecule has 0 atom stereocenters. The van der Waals surface area contributed by atoms with Gasteiger partial charge in [0.2, 0.25) is 0 Å². The van der Waals surface area contributed by atoms with Gasteiger partial charge >= 0.3 is 0 Å². The highest BCUT2D eigenvalue weighted by Crippen LogP contribution is 2.27. The van der Waals surface area contributed by atoms with Crippen molar-refractivity contribution in [3.8, 4) is 22.6 Å². The highest BCUT2D eigenvalue weighted by molar-refractivity contribution is 5.65. The van der Waals surface area contributed by atoms with Gasteiger partial charge in [-0.3, -0.25) is 0 Å². The molecule has 0 aliphatic carbocycles. The number of benzene rings is 2. The van der Waals surface area contributed by atoms with Crippen LogP contribution in [0.2, 0.25) is 0 Å². The molecule has 0 aliphatic rings. The Balaban J connectivity index is 2.18. The van der Waals surface area contributed by atoms with E-state index in [9.17, 15) is 0 Å². The lowest BCUT2D eigenvalue weighted by Crippen LogP contribution is -2.22. The minimum Gasteiger partial charge on any atom is -0.491 e. The first-order valence-electron chi connectivity index (χ1n) is 7.40. The van der Waals surface area contributed by atoms with E-state index in [4.69, 9.17) is 9.47 Å². The molecule has 2 heteroatoms. The molecule has 0 aromatic heterocycles. The molecule has 0 N–H and O–H groups in total. The van der Waals surface area contributed by atoms with Crippen LogP contribution in [0.1, 0.15) is 34.6 Å². The SMILES string of the molecule is CC(C)Oc1cccc(-c2ccc(OC(C)(C)C)cc2)c1. The third kappa shape index (κ3) is 4.82. The van der Waals surface area contributed by atoms with E-state index in [0.717, 1.165) is 22.6 Å². The Morgan fingerprint density at radius 2 is 1.48 bits per heavy atom. The zero-order valence-corrected chi connectivity index (χ0v) is 13.5. The van der Waals surface area contributed by atoms with E-state index in [1.54, 1.807) is 0 Å². The molecular weight excluding hydrogens is 260 g/mol. The zero-order chi connectivity index (χ0) is 15.5. The zero-order valence-electron chi connectivity index (χ0n) is 13.5. The van der Waals surface area contributed by atoms with Crippen LogP contribution >= 0.6 is 0 Å². The molecule has 0 aliphatic heterocycles. The fraction of sp³-hybridized carbons (Fsp3) is 0.368. The van der Waals surface area contributed by atoms with Gasteiger partial charge in [0.05, 0.1) is 6.10 Å². The van der Waals surface area contributed by atoms with Crippen LogP contribution in [-0.4, -0.2) is 11.7 Å². The quantitative estimate of drug-likeness (QED) is 0.756. The summed E-state index contributed by atoms with van der Waals surface area (Å²) in [7, 11) is 0. The lowest BCUT2D eigenvalue weighted by atomic mass is 10.1. The topological polar surface area (TPSA) is 18.5 Å². The number of hydrogen-bond donors (Lipinski definition) is 0. The highest BCUT2D eigenvalue weighted by atomic mass is 16.5. The third-order valence-corrected chi connectivity index (χ3v) is 2.82. The van der Waals surface area contributed by atoms with Crippen molar-refractivity contribution in [1.82, 2.24) is 0 Å². The van der Waals surface area contributed by atoms with Crippen molar-refractivity contribution in [3.63, 3.8) is 0 Å². The van der Waals surface area contributed by atoms with Crippen molar-refractivity contribution in [2.45, 2.75) is 46.3 Å². The highest BCUT2D eigenvalue weighted by Gasteiger charge is 2.11. The Hall–Kier alpha value is -1.96. The van der Waals surface area contributed by atoms with E-state index in [1.807, 2.05) is 58.9 Å². The molecule has 2 aromatic carbocycles. The average Bonchev–Trinajstić information content (AvgIpc) is 2.37. The maximum atomic E-state index is 5.84. The van der Waals surface area contributed by atoms with E-state index in [1.165, 1.54) is 0 Å². The second-order valence-electron chi connectivity index (χ2n) is 6.43. The molecule has 2 aromatic rings. The van der Waals surface area contributed by atoms with E-state index < -0.39 is 0 Å². The number of hydrogen-bond acceptors (Lipinski definition) is 2. The lowest BCUT2D eigenvalue weighted by Gasteiger charge is -2.21. The molecule has 0 unspecified atom stereocenters. The van der Waals surface area contributed by atoms with E-state index in [-0.39, 0.29) is 11.7 Å². The van der Waals surface area contributed by atoms with Gasteiger partial charge in [-0.1, -0.05) is 24.3 Å². The molecule has 0 heterocycles. The van der Waals surface area contributed by atoms with Crippen molar-refractivity contribution in [3.05, 3.63) is 48.5 Å². The largest absolute Gasteiger partial charge is 0.491 e. The molecule has 112 valence electrons. The summed E-state index contributed by atoms with van der Waals surface area (Å²) in [6, 6.07) is 16.3. The normalized spacial score (nSPS) is 11.5. The summed E-state index contributed by atoms with van der Waals surface area (Å²) in [5, 5.41) is 0. The van der Waals surface area contributed by atoms with E-state index in [0.29, 0.717) is 0 Å². The third-order valence-electron chi connectivity index (χ3n) is 2.82. The number of rotatable bonds is 4. The summed E-state index contributed by atoms with van der Waals surface area (Å²) in [6.07, 6.45) is 0.183. The Kier molecular flexibility index (Phi) is 4.56. The minimum absolute atomic E-state index is 0.174. The van der Waals surface area contributed by atoms with Crippen LogP contribution in [-0.2, 0) is 0 Å². The van der Waals surface area contributed by atoms with Crippen LogP contribution in [0.15, 0.2) is 48.5 Å². The predicted octanol–water partition coefficient (Wildman–Crippen LogP) is 5.32. The Bertz CT molecular complexity index is 577. The maximum Gasteiger partial charge on any atom is 0.120 e. The molecule has 2 nitrogen and oxygen atoms in total. The standard InChI is InChI=1S/C19H24O2/c1-14(2)20-18-8-6-7-16(13-18)15-9-11-17(12-10-15)21-19(3,4)5/h6-14H,1-5H3. The molecular formula is C19H24O2.